The highest BCUT2D eigenvalue weighted by Gasteiger charge is 2.22. The molecule has 1 atom stereocenters. The smallest absolute Gasteiger partial charge is 0.222 e. The van der Waals surface area contributed by atoms with Crippen LogP contribution >= 0.6 is 0 Å². The van der Waals surface area contributed by atoms with E-state index in [9.17, 15) is 9.59 Å². The largest absolute Gasteiger partial charge is 0.393 e. The number of carbonyl (C=O) groups is 2. The zero-order valence-corrected chi connectivity index (χ0v) is 10.6. The maximum absolute atomic E-state index is 11.8. The molecule has 5 nitrogen and oxygen atoms in total. The second-order valence-electron chi connectivity index (χ2n) is 4.74. The summed E-state index contributed by atoms with van der Waals surface area (Å²) >= 11 is 0. The zero-order chi connectivity index (χ0) is 12.8. The predicted octanol–water partition coefficient (Wildman–Crippen LogP) is 0.274. The van der Waals surface area contributed by atoms with Gasteiger partial charge in [0.1, 0.15) is 0 Å². The van der Waals surface area contributed by atoms with Crippen LogP contribution in [0.25, 0.3) is 0 Å². The number of hydrogen-bond donors (Lipinski definition) is 2. The zero-order valence-electron chi connectivity index (χ0n) is 10.6. The minimum atomic E-state index is -0.420. The van der Waals surface area contributed by atoms with Crippen LogP contribution in [0.3, 0.4) is 0 Å². The van der Waals surface area contributed by atoms with Gasteiger partial charge in [-0.25, -0.2) is 0 Å². The Labute approximate surface area is 102 Å². The molecular formula is C12H22N2O3. The van der Waals surface area contributed by atoms with Crippen LogP contribution in [0.4, 0.5) is 0 Å². The van der Waals surface area contributed by atoms with Crippen molar-refractivity contribution in [2.24, 2.45) is 0 Å². The molecule has 5 heteroatoms. The highest BCUT2D eigenvalue weighted by atomic mass is 16.3. The molecule has 1 heterocycles. The highest BCUT2D eigenvalue weighted by Crippen LogP contribution is 2.12. The Morgan fingerprint density at radius 2 is 2.00 bits per heavy atom. The second-order valence-corrected chi connectivity index (χ2v) is 4.74. The van der Waals surface area contributed by atoms with Gasteiger partial charge in [0, 0.05) is 32.5 Å². The van der Waals surface area contributed by atoms with Crippen molar-refractivity contribution in [1.29, 1.82) is 0 Å². The van der Waals surface area contributed by atoms with Gasteiger partial charge in [-0.1, -0.05) is 0 Å². The van der Waals surface area contributed by atoms with Gasteiger partial charge in [0.15, 0.2) is 0 Å². The minimum Gasteiger partial charge on any atom is -0.393 e. The van der Waals surface area contributed by atoms with Crippen molar-refractivity contribution in [1.82, 2.24) is 10.2 Å². The Morgan fingerprint density at radius 3 is 2.47 bits per heavy atom. The number of aliphatic hydroxyl groups is 1. The molecule has 1 unspecified atom stereocenters. The van der Waals surface area contributed by atoms with Gasteiger partial charge in [0.25, 0.3) is 0 Å². The number of nitrogens with zero attached hydrogens (tertiary/aromatic N) is 1. The van der Waals surface area contributed by atoms with Gasteiger partial charge in [-0.2, -0.15) is 0 Å². The van der Waals surface area contributed by atoms with Gasteiger partial charge in [-0.3, -0.25) is 9.59 Å². The molecule has 0 aromatic rings. The number of carbonyl (C=O) groups excluding carboxylic acids is 2. The van der Waals surface area contributed by atoms with Crippen LogP contribution in [0.5, 0.6) is 0 Å². The van der Waals surface area contributed by atoms with Crippen molar-refractivity contribution in [3.63, 3.8) is 0 Å². The van der Waals surface area contributed by atoms with E-state index < -0.39 is 6.10 Å². The first kappa shape index (κ1) is 14.0. The quantitative estimate of drug-likeness (QED) is 0.743. The van der Waals surface area contributed by atoms with Crippen molar-refractivity contribution in [2.75, 3.05) is 13.1 Å². The van der Waals surface area contributed by atoms with Crippen molar-refractivity contribution < 1.29 is 14.7 Å². The first-order valence-electron chi connectivity index (χ1n) is 6.22. The summed E-state index contributed by atoms with van der Waals surface area (Å²) < 4.78 is 0. The molecule has 0 aromatic heterocycles. The molecule has 1 aliphatic heterocycles. The summed E-state index contributed by atoms with van der Waals surface area (Å²) in [5.74, 6) is 0.0936. The van der Waals surface area contributed by atoms with E-state index in [1.54, 1.807) is 6.92 Å². The van der Waals surface area contributed by atoms with Crippen LogP contribution in [0, 0.1) is 0 Å². The fraction of sp³-hybridized carbons (Fsp3) is 0.833. The van der Waals surface area contributed by atoms with E-state index in [1.165, 1.54) is 6.92 Å². The molecule has 0 radical (unpaired) electrons. The average molecular weight is 242 g/mol. The monoisotopic (exact) mass is 242 g/mol. The summed E-state index contributed by atoms with van der Waals surface area (Å²) in [6.45, 7) is 4.60. The third kappa shape index (κ3) is 5.17. The molecule has 0 bridgehead atoms. The SMILES string of the molecule is CC(=O)NC1CCN(C(=O)CCC(C)O)CC1. The minimum absolute atomic E-state index is 0.0103. The molecule has 2 N–H and O–H groups in total. The number of rotatable bonds is 4. The lowest BCUT2D eigenvalue weighted by Gasteiger charge is -2.32. The Balaban J connectivity index is 2.26. The molecule has 1 aliphatic rings. The van der Waals surface area contributed by atoms with E-state index in [0.29, 0.717) is 25.9 Å². The molecule has 0 spiro atoms. The Morgan fingerprint density at radius 1 is 1.41 bits per heavy atom. The van der Waals surface area contributed by atoms with Crippen LogP contribution in [-0.2, 0) is 9.59 Å². The standard InChI is InChI=1S/C12H22N2O3/c1-9(15)3-4-12(17)14-7-5-11(6-8-14)13-10(2)16/h9,11,15H,3-8H2,1-2H3,(H,13,16). The van der Waals surface area contributed by atoms with Gasteiger partial charge < -0.3 is 15.3 Å². The van der Waals surface area contributed by atoms with E-state index in [0.717, 1.165) is 12.8 Å². The van der Waals surface area contributed by atoms with Gasteiger partial charge in [0.05, 0.1) is 6.10 Å². The summed E-state index contributed by atoms with van der Waals surface area (Å²) in [7, 11) is 0. The number of amides is 2. The first-order valence-corrected chi connectivity index (χ1v) is 6.22. The van der Waals surface area contributed by atoms with Crippen molar-refractivity contribution in [3.8, 4) is 0 Å². The van der Waals surface area contributed by atoms with Crippen molar-refractivity contribution >= 4 is 11.8 Å². The summed E-state index contributed by atoms with van der Waals surface area (Å²) in [6, 6.07) is 0.202. The number of aliphatic hydroxyl groups excluding tert-OH is 1. The van der Waals surface area contributed by atoms with E-state index in [4.69, 9.17) is 5.11 Å². The fourth-order valence-corrected chi connectivity index (χ4v) is 2.05. The van der Waals surface area contributed by atoms with Crippen LogP contribution in [0.15, 0.2) is 0 Å². The van der Waals surface area contributed by atoms with Gasteiger partial charge in [-0.15, -0.1) is 0 Å². The maximum atomic E-state index is 11.8. The number of hydrogen-bond acceptors (Lipinski definition) is 3. The van der Waals surface area contributed by atoms with E-state index >= 15 is 0 Å². The second kappa shape index (κ2) is 6.59. The number of nitrogens with one attached hydrogen (secondary N) is 1. The lowest BCUT2D eigenvalue weighted by molar-refractivity contribution is -0.132. The molecule has 1 rings (SSSR count). The molecule has 1 saturated heterocycles. The lowest BCUT2D eigenvalue weighted by Crippen LogP contribution is -2.46. The molecule has 1 fully saturated rings. The predicted molar refractivity (Wildman–Crippen MR) is 64.3 cm³/mol. The summed E-state index contributed by atoms with van der Waals surface area (Å²) in [4.78, 5) is 24.5. The Kier molecular flexibility index (Phi) is 5.41. The highest BCUT2D eigenvalue weighted by molar-refractivity contribution is 5.76. The molecule has 2 amide bonds. The van der Waals surface area contributed by atoms with E-state index in [-0.39, 0.29) is 17.9 Å². The molecule has 98 valence electrons. The summed E-state index contributed by atoms with van der Waals surface area (Å²) in [5.41, 5.74) is 0. The summed E-state index contributed by atoms with van der Waals surface area (Å²) in [6.07, 6.45) is 2.14. The van der Waals surface area contributed by atoms with Gasteiger partial charge >= 0.3 is 0 Å². The van der Waals surface area contributed by atoms with E-state index in [1.807, 2.05) is 4.90 Å². The Bertz CT molecular complexity index is 271. The molecular weight excluding hydrogens is 220 g/mol. The number of likely N-dealkylation sites (tertiary alicyclic amines) is 1. The maximum Gasteiger partial charge on any atom is 0.222 e. The average Bonchev–Trinajstić information content (AvgIpc) is 2.26. The Hall–Kier alpha value is -1.10. The van der Waals surface area contributed by atoms with Crippen LogP contribution in [0.1, 0.15) is 39.5 Å². The van der Waals surface area contributed by atoms with E-state index in [2.05, 4.69) is 5.32 Å². The topological polar surface area (TPSA) is 69.6 Å². The third-order valence-corrected chi connectivity index (χ3v) is 3.03. The third-order valence-electron chi connectivity index (χ3n) is 3.03. The molecule has 0 saturated carbocycles. The van der Waals surface area contributed by atoms with Gasteiger partial charge in [0.2, 0.25) is 11.8 Å². The van der Waals surface area contributed by atoms with Crippen LogP contribution < -0.4 is 5.32 Å². The lowest BCUT2D eigenvalue weighted by atomic mass is 10.0. The first-order chi connectivity index (χ1) is 7.99. The molecule has 17 heavy (non-hydrogen) atoms. The fourth-order valence-electron chi connectivity index (χ4n) is 2.05. The normalized spacial score (nSPS) is 18.9. The van der Waals surface area contributed by atoms with Crippen molar-refractivity contribution in [3.05, 3.63) is 0 Å². The summed E-state index contributed by atoms with van der Waals surface area (Å²) in [5, 5.41) is 12.0. The van der Waals surface area contributed by atoms with Crippen LogP contribution in [-0.4, -0.2) is 47.1 Å². The molecule has 0 aliphatic carbocycles. The van der Waals surface area contributed by atoms with Crippen LogP contribution in [0.2, 0.25) is 0 Å². The number of piperidine rings is 1. The van der Waals surface area contributed by atoms with Gasteiger partial charge in [-0.05, 0) is 26.2 Å². The molecule has 0 aromatic carbocycles. The van der Waals surface area contributed by atoms with Crippen molar-refractivity contribution in [2.45, 2.75) is 51.7 Å².